The van der Waals surface area contributed by atoms with Crippen molar-refractivity contribution in [3.8, 4) is 5.75 Å². The predicted octanol–water partition coefficient (Wildman–Crippen LogP) is 5.31. The van der Waals surface area contributed by atoms with Crippen LogP contribution in [-0.2, 0) is 11.2 Å². The van der Waals surface area contributed by atoms with Crippen LogP contribution in [-0.4, -0.2) is 24.0 Å². The third-order valence-corrected chi connectivity index (χ3v) is 5.13. The minimum absolute atomic E-state index is 0.150. The van der Waals surface area contributed by atoms with Crippen molar-refractivity contribution in [1.82, 2.24) is 4.98 Å². The summed E-state index contributed by atoms with van der Waals surface area (Å²) in [5.41, 5.74) is 4.64. The van der Waals surface area contributed by atoms with Gasteiger partial charge < -0.3 is 25.7 Å². The van der Waals surface area contributed by atoms with E-state index in [2.05, 4.69) is 20.9 Å². The zero-order chi connectivity index (χ0) is 22.5. The van der Waals surface area contributed by atoms with Gasteiger partial charge in [0.15, 0.2) is 0 Å². The second-order valence-corrected chi connectivity index (χ2v) is 7.43. The minimum atomic E-state index is -0.356. The van der Waals surface area contributed by atoms with Crippen LogP contribution in [0.4, 0.5) is 21.9 Å². The second kappa shape index (κ2) is 9.26. The molecule has 3 amide bonds. The molecule has 4 aromatic rings. The van der Waals surface area contributed by atoms with Gasteiger partial charge >= 0.3 is 6.03 Å². The number of carbonyl (C=O) groups is 2. The summed E-state index contributed by atoms with van der Waals surface area (Å²) >= 11 is 0. The highest BCUT2D eigenvalue weighted by molar-refractivity contribution is 6.01. The van der Waals surface area contributed by atoms with Crippen LogP contribution in [0, 0.1) is 6.92 Å². The highest BCUT2D eigenvalue weighted by atomic mass is 16.5. The van der Waals surface area contributed by atoms with Crippen molar-refractivity contribution in [3.05, 3.63) is 84.1 Å². The van der Waals surface area contributed by atoms with E-state index >= 15 is 0 Å². The van der Waals surface area contributed by atoms with Gasteiger partial charge in [-0.25, -0.2) is 4.79 Å². The fourth-order valence-electron chi connectivity index (χ4n) is 3.45. The van der Waals surface area contributed by atoms with Crippen LogP contribution in [0.1, 0.15) is 11.1 Å². The van der Waals surface area contributed by atoms with Crippen molar-refractivity contribution in [2.45, 2.75) is 13.3 Å². The molecule has 1 aromatic heterocycles. The number of urea groups is 1. The van der Waals surface area contributed by atoms with E-state index in [4.69, 9.17) is 4.74 Å². The van der Waals surface area contributed by atoms with E-state index in [1.54, 1.807) is 31.4 Å². The number of H-pyrrole nitrogens is 1. The second-order valence-electron chi connectivity index (χ2n) is 7.43. The highest BCUT2D eigenvalue weighted by Gasteiger charge is 2.12. The Morgan fingerprint density at radius 1 is 0.906 bits per heavy atom. The molecule has 7 heteroatoms. The van der Waals surface area contributed by atoms with Crippen molar-refractivity contribution in [2.24, 2.45) is 0 Å². The molecule has 32 heavy (non-hydrogen) atoms. The van der Waals surface area contributed by atoms with Gasteiger partial charge in [0.1, 0.15) is 5.75 Å². The first kappa shape index (κ1) is 21.0. The molecule has 0 spiro atoms. The Morgan fingerprint density at radius 2 is 1.69 bits per heavy atom. The van der Waals surface area contributed by atoms with Crippen LogP contribution in [0.5, 0.6) is 5.75 Å². The van der Waals surface area contributed by atoms with Gasteiger partial charge in [0.25, 0.3) is 0 Å². The quantitative estimate of drug-likeness (QED) is 0.335. The normalized spacial score (nSPS) is 10.6. The number of ether oxygens (including phenoxy) is 1. The smallest absolute Gasteiger partial charge is 0.323 e. The average Bonchev–Trinajstić information content (AvgIpc) is 3.18. The summed E-state index contributed by atoms with van der Waals surface area (Å²) in [6.45, 7) is 1.90. The van der Waals surface area contributed by atoms with Crippen LogP contribution in [0.15, 0.2) is 72.9 Å². The van der Waals surface area contributed by atoms with E-state index < -0.39 is 0 Å². The maximum Gasteiger partial charge on any atom is 0.323 e. The van der Waals surface area contributed by atoms with E-state index in [0.717, 1.165) is 27.8 Å². The summed E-state index contributed by atoms with van der Waals surface area (Å²) in [6.07, 6.45) is 2.04. The van der Waals surface area contributed by atoms with Crippen molar-refractivity contribution >= 4 is 39.9 Å². The Hall–Kier alpha value is -4.26. The Kier molecular flexibility index (Phi) is 6.07. The number of methoxy groups -OCH3 is 1. The molecular formula is C25H24N4O3. The SMILES string of the molecule is COc1ccc2[nH]cc(CC(=O)Nc3cc(NC(=O)Nc4ccccc4)ccc3C)c2c1. The lowest BCUT2D eigenvalue weighted by Gasteiger charge is -2.12. The van der Waals surface area contributed by atoms with E-state index in [9.17, 15) is 9.59 Å². The van der Waals surface area contributed by atoms with Crippen LogP contribution in [0.2, 0.25) is 0 Å². The zero-order valence-corrected chi connectivity index (χ0v) is 17.9. The molecule has 0 saturated heterocycles. The molecular weight excluding hydrogens is 404 g/mol. The van der Waals surface area contributed by atoms with Crippen molar-refractivity contribution in [1.29, 1.82) is 0 Å². The number of anilines is 3. The first-order chi connectivity index (χ1) is 15.5. The summed E-state index contributed by atoms with van der Waals surface area (Å²) < 4.78 is 5.29. The number of hydrogen-bond acceptors (Lipinski definition) is 3. The lowest BCUT2D eigenvalue weighted by molar-refractivity contribution is -0.115. The molecule has 0 aliphatic carbocycles. The number of carbonyl (C=O) groups excluding carboxylic acids is 2. The number of hydrogen-bond donors (Lipinski definition) is 4. The fraction of sp³-hybridized carbons (Fsp3) is 0.120. The molecule has 4 rings (SSSR count). The monoisotopic (exact) mass is 428 g/mol. The molecule has 0 aliphatic heterocycles. The number of aromatic amines is 1. The summed E-state index contributed by atoms with van der Waals surface area (Å²) in [7, 11) is 1.62. The first-order valence-electron chi connectivity index (χ1n) is 10.2. The molecule has 4 N–H and O–H groups in total. The Balaban J connectivity index is 1.43. The first-order valence-corrected chi connectivity index (χ1v) is 10.2. The summed E-state index contributed by atoms with van der Waals surface area (Å²) in [5.74, 6) is 0.588. The fourth-order valence-corrected chi connectivity index (χ4v) is 3.45. The molecule has 0 atom stereocenters. The summed E-state index contributed by atoms with van der Waals surface area (Å²) in [6, 6.07) is 19.9. The molecule has 0 fully saturated rings. The van der Waals surface area contributed by atoms with E-state index in [-0.39, 0.29) is 18.4 Å². The van der Waals surface area contributed by atoms with Crippen LogP contribution in [0.3, 0.4) is 0 Å². The Bertz CT molecular complexity index is 1260. The molecule has 0 bridgehead atoms. The number of aryl methyl sites for hydroxylation is 1. The Labute approximate surface area is 185 Å². The molecule has 7 nitrogen and oxygen atoms in total. The van der Waals surface area contributed by atoms with E-state index in [0.29, 0.717) is 17.1 Å². The van der Waals surface area contributed by atoms with Gasteiger partial charge in [0.05, 0.1) is 13.5 Å². The highest BCUT2D eigenvalue weighted by Crippen LogP contribution is 2.25. The number of para-hydroxylation sites is 1. The lowest BCUT2D eigenvalue weighted by Crippen LogP contribution is -2.20. The third-order valence-electron chi connectivity index (χ3n) is 5.13. The molecule has 0 aliphatic rings. The molecule has 1 heterocycles. The average molecular weight is 428 g/mol. The number of nitrogens with one attached hydrogen (secondary N) is 4. The van der Waals surface area contributed by atoms with Crippen molar-refractivity contribution in [2.75, 3.05) is 23.1 Å². The molecule has 0 radical (unpaired) electrons. The summed E-state index contributed by atoms with van der Waals surface area (Å²) in [5, 5.41) is 9.46. The van der Waals surface area contributed by atoms with Crippen molar-refractivity contribution < 1.29 is 14.3 Å². The number of rotatable bonds is 6. The topological polar surface area (TPSA) is 95.2 Å². The van der Waals surface area contributed by atoms with Gasteiger partial charge in [-0.2, -0.15) is 0 Å². The Morgan fingerprint density at radius 3 is 2.47 bits per heavy atom. The van der Waals surface area contributed by atoms with Crippen LogP contribution in [0.25, 0.3) is 10.9 Å². The minimum Gasteiger partial charge on any atom is -0.497 e. The van der Waals surface area contributed by atoms with Gasteiger partial charge in [0, 0.05) is 34.2 Å². The number of aromatic nitrogens is 1. The van der Waals surface area contributed by atoms with Gasteiger partial charge in [-0.3, -0.25) is 4.79 Å². The van der Waals surface area contributed by atoms with Gasteiger partial charge in [-0.05, 0) is 60.5 Å². The molecule has 0 saturated carbocycles. The number of fused-ring (bicyclic) bond motifs is 1. The lowest BCUT2D eigenvalue weighted by atomic mass is 10.1. The number of amides is 3. The van der Waals surface area contributed by atoms with Crippen molar-refractivity contribution in [3.63, 3.8) is 0 Å². The zero-order valence-electron chi connectivity index (χ0n) is 17.9. The maximum absolute atomic E-state index is 12.7. The van der Waals surface area contributed by atoms with E-state index in [1.165, 1.54) is 0 Å². The van der Waals surface area contributed by atoms with Gasteiger partial charge in [-0.1, -0.05) is 24.3 Å². The van der Waals surface area contributed by atoms with Crippen LogP contribution >= 0.6 is 0 Å². The van der Waals surface area contributed by atoms with E-state index in [1.807, 2.05) is 55.6 Å². The molecule has 0 unspecified atom stereocenters. The molecule has 162 valence electrons. The van der Waals surface area contributed by atoms with Gasteiger partial charge in [-0.15, -0.1) is 0 Å². The standard InChI is InChI=1S/C25H24N4O3/c1-16-8-9-19(28-25(31)27-18-6-4-3-5-7-18)13-23(16)29-24(30)12-17-15-26-22-11-10-20(32-2)14-21(17)22/h3-11,13-15,26H,12H2,1-2H3,(H,29,30)(H2,27,28,31). The third kappa shape index (κ3) is 4.89. The largest absolute Gasteiger partial charge is 0.497 e. The molecule has 3 aromatic carbocycles. The van der Waals surface area contributed by atoms with Gasteiger partial charge in [0.2, 0.25) is 5.91 Å². The van der Waals surface area contributed by atoms with Crippen LogP contribution < -0.4 is 20.7 Å². The maximum atomic E-state index is 12.7. The predicted molar refractivity (Wildman–Crippen MR) is 127 cm³/mol. The summed E-state index contributed by atoms with van der Waals surface area (Å²) in [4.78, 5) is 28.2. The number of benzene rings is 3.